The number of halogens is 2. The third kappa shape index (κ3) is 5.14. The Morgan fingerprint density at radius 2 is 1.87 bits per heavy atom. The molecule has 0 atom stereocenters. The van der Waals surface area contributed by atoms with Gasteiger partial charge in [0, 0.05) is 11.6 Å². The van der Waals surface area contributed by atoms with Crippen molar-refractivity contribution in [3.63, 3.8) is 0 Å². The van der Waals surface area contributed by atoms with Gasteiger partial charge in [-0.05, 0) is 42.7 Å². The van der Waals surface area contributed by atoms with E-state index in [2.05, 4.69) is 6.92 Å². The zero-order valence-electron chi connectivity index (χ0n) is 14.1. The Kier molecular flexibility index (Phi) is 7.90. The predicted octanol–water partition coefficient (Wildman–Crippen LogP) is 6.05. The van der Waals surface area contributed by atoms with Crippen molar-refractivity contribution >= 4 is 11.6 Å². The summed E-state index contributed by atoms with van der Waals surface area (Å²) in [5, 5.41) is 10.4. The van der Waals surface area contributed by atoms with E-state index in [1.807, 2.05) is 26.8 Å². The molecule has 0 saturated heterocycles. The van der Waals surface area contributed by atoms with Crippen LogP contribution in [0.2, 0.25) is 5.02 Å². The molecule has 4 heteroatoms. The first-order chi connectivity index (χ1) is 11.0. The van der Waals surface area contributed by atoms with Crippen molar-refractivity contribution in [1.29, 1.82) is 0 Å². The van der Waals surface area contributed by atoms with Gasteiger partial charge in [-0.1, -0.05) is 44.9 Å². The lowest BCUT2D eigenvalue weighted by molar-refractivity contribution is 0.298. The quantitative estimate of drug-likeness (QED) is 0.719. The number of aromatic hydroxyl groups is 1. The van der Waals surface area contributed by atoms with Gasteiger partial charge in [-0.15, -0.1) is 0 Å². The van der Waals surface area contributed by atoms with Crippen LogP contribution in [0.4, 0.5) is 4.39 Å². The minimum atomic E-state index is -0.397. The third-order valence-electron chi connectivity index (χ3n) is 3.37. The van der Waals surface area contributed by atoms with Gasteiger partial charge in [0.2, 0.25) is 0 Å². The standard InChI is InChI=1S/C17H18ClFO2.C2H6/c1-3-5-13-11(2)8-12(9-17(13)20)21-10-14-15(18)6-4-7-16(14)19;1-2/h4,6-9,20H,3,5,10H2,1-2H3;1-2H3. The maximum absolute atomic E-state index is 13.7. The molecule has 23 heavy (non-hydrogen) atoms. The van der Waals surface area contributed by atoms with Gasteiger partial charge in [-0.2, -0.15) is 0 Å². The van der Waals surface area contributed by atoms with E-state index in [4.69, 9.17) is 16.3 Å². The Morgan fingerprint density at radius 1 is 1.17 bits per heavy atom. The monoisotopic (exact) mass is 338 g/mol. The first-order valence-electron chi connectivity index (χ1n) is 7.91. The molecule has 0 fully saturated rings. The molecule has 2 aromatic rings. The van der Waals surface area contributed by atoms with Crippen molar-refractivity contribution in [3.05, 3.63) is 57.9 Å². The van der Waals surface area contributed by atoms with Gasteiger partial charge in [-0.25, -0.2) is 4.39 Å². The average Bonchev–Trinajstić information content (AvgIpc) is 2.52. The Hall–Kier alpha value is -1.74. The number of benzene rings is 2. The van der Waals surface area contributed by atoms with Crippen LogP contribution in [0.15, 0.2) is 30.3 Å². The SMILES string of the molecule is CC.CCCc1c(C)cc(OCc2c(F)cccc2Cl)cc1O. The van der Waals surface area contributed by atoms with Crippen LogP contribution in [-0.4, -0.2) is 5.11 Å². The van der Waals surface area contributed by atoms with Crippen LogP contribution < -0.4 is 4.74 Å². The normalized spacial score (nSPS) is 10.0. The molecule has 2 nitrogen and oxygen atoms in total. The van der Waals surface area contributed by atoms with E-state index in [1.54, 1.807) is 18.2 Å². The highest BCUT2D eigenvalue weighted by Crippen LogP contribution is 2.29. The van der Waals surface area contributed by atoms with Gasteiger partial charge in [0.15, 0.2) is 0 Å². The molecule has 0 aliphatic carbocycles. The molecule has 0 aliphatic heterocycles. The van der Waals surface area contributed by atoms with Crippen molar-refractivity contribution in [3.8, 4) is 11.5 Å². The second-order valence-electron chi connectivity index (χ2n) is 4.98. The van der Waals surface area contributed by atoms with E-state index < -0.39 is 5.82 Å². The lowest BCUT2D eigenvalue weighted by atomic mass is 10.0. The minimum Gasteiger partial charge on any atom is -0.508 e. The molecule has 0 bridgehead atoms. The molecule has 0 saturated carbocycles. The van der Waals surface area contributed by atoms with Gasteiger partial charge in [0.05, 0.1) is 5.02 Å². The van der Waals surface area contributed by atoms with Crippen LogP contribution in [-0.2, 0) is 13.0 Å². The van der Waals surface area contributed by atoms with E-state index in [0.717, 1.165) is 24.0 Å². The van der Waals surface area contributed by atoms with Gasteiger partial charge < -0.3 is 9.84 Å². The van der Waals surface area contributed by atoms with E-state index in [0.29, 0.717) is 16.3 Å². The maximum atomic E-state index is 13.7. The highest BCUT2D eigenvalue weighted by atomic mass is 35.5. The van der Waals surface area contributed by atoms with Crippen molar-refractivity contribution in [1.82, 2.24) is 0 Å². The predicted molar refractivity (Wildman–Crippen MR) is 93.9 cm³/mol. The molecule has 0 aliphatic rings. The Bertz CT molecular complexity index is 598. The zero-order valence-corrected chi connectivity index (χ0v) is 14.9. The molecule has 0 spiro atoms. The van der Waals surface area contributed by atoms with Crippen LogP contribution in [0.5, 0.6) is 11.5 Å². The van der Waals surface area contributed by atoms with E-state index in [1.165, 1.54) is 6.07 Å². The molecule has 2 aromatic carbocycles. The number of ether oxygens (including phenoxy) is 1. The number of hydrogen-bond donors (Lipinski definition) is 1. The Morgan fingerprint density at radius 3 is 2.43 bits per heavy atom. The lowest BCUT2D eigenvalue weighted by Crippen LogP contribution is -2.00. The van der Waals surface area contributed by atoms with Gasteiger partial charge in [0.1, 0.15) is 23.9 Å². The molecule has 0 radical (unpaired) electrons. The number of aryl methyl sites for hydroxylation is 1. The Balaban J connectivity index is 0.00000127. The summed E-state index contributed by atoms with van der Waals surface area (Å²) in [6.45, 7) is 8.01. The van der Waals surface area contributed by atoms with Crippen LogP contribution in [0.3, 0.4) is 0 Å². The molecule has 0 aromatic heterocycles. The second-order valence-corrected chi connectivity index (χ2v) is 5.38. The van der Waals surface area contributed by atoms with Gasteiger partial charge in [-0.3, -0.25) is 0 Å². The fourth-order valence-electron chi connectivity index (χ4n) is 2.25. The molecule has 126 valence electrons. The van der Waals surface area contributed by atoms with Gasteiger partial charge in [0.25, 0.3) is 0 Å². The van der Waals surface area contributed by atoms with Gasteiger partial charge >= 0.3 is 0 Å². The van der Waals surface area contributed by atoms with E-state index >= 15 is 0 Å². The number of rotatable bonds is 5. The van der Waals surface area contributed by atoms with Crippen LogP contribution >= 0.6 is 11.6 Å². The summed E-state index contributed by atoms with van der Waals surface area (Å²) in [4.78, 5) is 0. The topological polar surface area (TPSA) is 29.5 Å². The van der Waals surface area contributed by atoms with Crippen LogP contribution in [0.1, 0.15) is 43.9 Å². The maximum Gasteiger partial charge on any atom is 0.131 e. The lowest BCUT2D eigenvalue weighted by Gasteiger charge is -2.13. The summed E-state index contributed by atoms with van der Waals surface area (Å²) in [5.41, 5.74) is 2.20. The summed E-state index contributed by atoms with van der Waals surface area (Å²) >= 11 is 5.96. The molecular weight excluding hydrogens is 315 g/mol. The average molecular weight is 339 g/mol. The fraction of sp³-hybridized carbons (Fsp3) is 0.368. The largest absolute Gasteiger partial charge is 0.508 e. The summed E-state index contributed by atoms with van der Waals surface area (Å²) in [5.74, 6) is 0.321. The smallest absolute Gasteiger partial charge is 0.131 e. The number of phenolic OH excluding ortho intramolecular Hbond substituents is 1. The summed E-state index contributed by atoms with van der Waals surface area (Å²) in [7, 11) is 0. The summed E-state index contributed by atoms with van der Waals surface area (Å²) < 4.78 is 19.2. The first-order valence-corrected chi connectivity index (χ1v) is 8.29. The molecule has 0 heterocycles. The highest BCUT2D eigenvalue weighted by molar-refractivity contribution is 6.31. The summed E-state index contributed by atoms with van der Waals surface area (Å²) in [6, 6.07) is 7.93. The number of phenols is 1. The van der Waals surface area contributed by atoms with Crippen molar-refractivity contribution in [2.75, 3.05) is 0 Å². The van der Waals surface area contributed by atoms with Crippen molar-refractivity contribution < 1.29 is 14.2 Å². The van der Waals surface area contributed by atoms with E-state index in [9.17, 15) is 9.50 Å². The molecule has 0 unspecified atom stereocenters. The molecule has 1 N–H and O–H groups in total. The second kappa shape index (κ2) is 9.41. The van der Waals surface area contributed by atoms with Crippen LogP contribution in [0.25, 0.3) is 0 Å². The molecule has 0 amide bonds. The highest BCUT2D eigenvalue weighted by Gasteiger charge is 2.10. The zero-order chi connectivity index (χ0) is 17.4. The minimum absolute atomic E-state index is 0.0253. The Labute approximate surface area is 142 Å². The third-order valence-corrected chi connectivity index (χ3v) is 3.72. The molecule has 2 rings (SSSR count). The van der Waals surface area contributed by atoms with Crippen LogP contribution in [0, 0.1) is 12.7 Å². The van der Waals surface area contributed by atoms with E-state index in [-0.39, 0.29) is 12.4 Å². The molecular formula is C19H24ClFO2. The number of hydrogen-bond acceptors (Lipinski definition) is 2. The summed E-state index contributed by atoms with van der Waals surface area (Å²) in [6.07, 6.45) is 1.77. The van der Waals surface area contributed by atoms with Crippen molar-refractivity contribution in [2.24, 2.45) is 0 Å². The first kappa shape index (κ1) is 19.3. The fourth-order valence-corrected chi connectivity index (χ4v) is 2.47. The van der Waals surface area contributed by atoms with Crippen molar-refractivity contribution in [2.45, 2.75) is 47.1 Å².